The third kappa shape index (κ3) is 2.47. The fraction of sp³-hybridized carbons (Fsp3) is 0. The minimum atomic E-state index is -0.954. The monoisotopic (exact) mass is 167 g/mol. The van der Waals surface area contributed by atoms with E-state index in [1.807, 2.05) is 4.72 Å². The Morgan fingerprint density at radius 2 is 2.00 bits per heavy atom. The van der Waals surface area contributed by atoms with Crippen LogP contribution in [-0.4, -0.2) is 16.4 Å². The van der Waals surface area contributed by atoms with Crippen molar-refractivity contribution >= 4 is 37.7 Å². The minimum absolute atomic E-state index is 0.396. The molecule has 0 heterocycles. The largest absolute Gasteiger partial charge is 0.350 e. The van der Waals surface area contributed by atoms with Gasteiger partial charge in [-0.15, -0.1) is 0 Å². The van der Waals surface area contributed by atoms with E-state index in [-0.39, 0.29) is 0 Å². The van der Waals surface area contributed by atoms with Gasteiger partial charge < -0.3 is 5.73 Å². The summed E-state index contributed by atoms with van der Waals surface area (Å²) in [4.78, 5) is 20.4. The predicted molar refractivity (Wildman–Crippen MR) is 37.9 cm³/mol. The molecule has 0 spiro atoms. The molecule has 7 heteroatoms. The van der Waals surface area contributed by atoms with Gasteiger partial charge in [0, 0.05) is 0 Å². The highest BCUT2D eigenvalue weighted by Gasteiger charge is 2.11. The lowest BCUT2D eigenvalue weighted by Crippen LogP contribution is -2.37. The summed E-state index contributed by atoms with van der Waals surface area (Å²) in [5.41, 5.74) is 4.63. The van der Waals surface area contributed by atoms with Gasteiger partial charge in [-0.25, -0.2) is 9.59 Å². The van der Waals surface area contributed by atoms with Gasteiger partial charge in [0.15, 0.2) is 0 Å². The highest BCUT2D eigenvalue weighted by Crippen LogP contribution is 1.92. The fourth-order valence-electron chi connectivity index (χ4n) is 0.147. The minimum Gasteiger partial charge on any atom is -0.350 e. The summed E-state index contributed by atoms with van der Waals surface area (Å²) >= 11 is 6.75. The van der Waals surface area contributed by atoms with Crippen LogP contribution in [0, 0.1) is 0 Å². The van der Waals surface area contributed by atoms with Crippen molar-refractivity contribution in [3.63, 3.8) is 0 Å². The van der Waals surface area contributed by atoms with Crippen molar-refractivity contribution in [3.8, 4) is 0 Å². The number of hydrogen-bond donors (Lipinski definition) is 4. The van der Waals surface area contributed by atoms with E-state index < -0.39 is 12.1 Å². The molecule has 0 saturated carbocycles. The number of rotatable bonds is 0. The van der Waals surface area contributed by atoms with Gasteiger partial charge in [-0.05, 0) is 0 Å². The maximum absolute atomic E-state index is 10.3. The summed E-state index contributed by atoms with van der Waals surface area (Å²) in [7, 11) is 0. The van der Waals surface area contributed by atoms with E-state index in [0.717, 1.165) is 0 Å². The zero-order valence-corrected chi connectivity index (χ0v) is 6.02. The number of nitrogens with one attached hydrogen (secondary N) is 1. The zero-order chi connectivity index (χ0) is 7.44. The summed E-state index contributed by atoms with van der Waals surface area (Å²) < 4.78 is 2.25. The number of hydrogen-bond acceptors (Lipinski definition) is 4. The number of imide groups is 1. The molecule has 3 N–H and O–H groups in total. The van der Waals surface area contributed by atoms with Gasteiger partial charge in [0.25, 0.3) is 0 Å². The Labute approximate surface area is 62.7 Å². The summed E-state index contributed by atoms with van der Waals surface area (Å²) in [6.07, 6.45) is 0. The maximum Gasteiger partial charge on any atom is 0.345 e. The maximum atomic E-state index is 10.3. The van der Waals surface area contributed by atoms with E-state index in [1.54, 1.807) is 0 Å². The summed E-state index contributed by atoms with van der Waals surface area (Å²) in [5, 5.41) is 0. The lowest BCUT2D eigenvalue weighted by molar-refractivity contribution is 0.219. The molecule has 0 saturated heterocycles. The van der Waals surface area contributed by atoms with Crippen molar-refractivity contribution in [2.75, 3.05) is 0 Å². The first-order valence-electron chi connectivity index (χ1n) is 1.82. The highest BCUT2D eigenvalue weighted by atomic mass is 32.1. The molecular weight excluding hydrogens is 162 g/mol. The topological polar surface area (TPSA) is 75.4 Å². The van der Waals surface area contributed by atoms with Crippen LogP contribution in [-0.2, 0) is 0 Å². The second kappa shape index (κ2) is 3.46. The van der Waals surface area contributed by atoms with Crippen molar-refractivity contribution < 1.29 is 9.59 Å². The summed E-state index contributed by atoms with van der Waals surface area (Å²) in [6, 6.07) is -1.74. The molecule has 0 aromatic rings. The smallest absolute Gasteiger partial charge is 0.345 e. The molecule has 9 heavy (non-hydrogen) atoms. The summed E-state index contributed by atoms with van der Waals surface area (Å²) in [6.45, 7) is 0. The molecule has 0 aliphatic carbocycles. The van der Waals surface area contributed by atoms with Crippen LogP contribution >= 0.6 is 25.6 Å². The summed E-state index contributed by atoms with van der Waals surface area (Å²) in [5.74, 6) is 0. The van der Waals surface area contributed by atoms with Crippen LogP contribution in [0.5, 0.6) is 0 Å². The van der Waals surface area contributed by atoms with Crippen molar-refractivity contribution in [2.24, 2.45) is 5.73 Å². The number of urea groups is 2. The van der Waals surface area contributed by atoms with Crippen LogP contribution in [0.3, 0.4) is 0 Å². The molecular formula is C2H5N3O2S2. The van der Waals surface area contributed by atoms with E-state index in [9.17, 15) is 9.59 Å². The van der Waals surface area contributed by atoms with E-state index in [0.29, 0.717) is 4.31 Å². The Balaban J connectivity index is 3.88. The molecule has 0 unspecified atom stereocenters. The quantitative estimate of drug-likeness (QED) is 0.376. The second-order valence-corrected chi connectivity index (χ2v) is 1.69. The third-order valence-electron chi connectivity index (χ3n) is 0.497. The van der Waals surface area contributed by atoms with Gasteiger partial charge >= 0.3 is 12.1 Å². The van der Waals surface area contributed by atoms with Gasteiger partial charge in [0.2, 0.25) is 0 Å². The Hall–Kier alpha value is -0.560. The molecule has 0 bridgehead atoms. The van der Waals surface area contributed by atoms with E-state index in [4.69, 9.17) is 0 Å². The number of thiol groups is 2. The average molecular weight is 167 g/mol. The number of carbonyl (C=O) groups is 2. The third-order valence-corrected chi connectivity index (χ3v) is 1.07. The van der Waals surface area contributed by atoms with E-state index in [1.165, 1.54) is 0 Å². The molecule has 4 amide bonds. The van der Waals surface area contributed by atoms with E-state index >= 15 is 0 Å². The van der Waals surface area contributed by atoms with Crippen LogP contribution in [0.4, 0.5) is 9.59 Å². The van der Waals surface area contributed by atoms with Crippen molar-refractivity contribution in [3.05, 3.63) is 0 Å². The second-order valence-electron chi connectivity index (χ2n) is 1.07. The van der Waals surface area contributed by atoms with Crippen LogP contribution in [0.1, 0.15) is 0 Å². The molecule has 0 atom stereocenters. The van der Waals surface area contributed by atoms with Gasteiger partial charge in [0.05, 0.1) is 0 Å². The number of amides is 4. The van der Waals surface area contributed by atoms with Gasteiger partial charge in [-0.2, -0.15) is 4.31 Å². The molecule has 0 rings (SSSR count). The normalized spacial score (nSPS) is 8.22. The molecule has 0 aliphatic rings. The van der Waals surface area contributed by atoms with Crippen LogP contribution in [0.2, 0.25) is 0 Å². The number of carbonyl (C=O) groups excluding carboxylic acids is 2. The number of nitrogens with two attached hydrogens (primary N) is 1. The van der Waals surface area contributed by atoms with Crippen LogP contribution in [0.25, 0.3) is 0 Å². The zero-order valence-electron chi connectivity index (χ0n) is 4.24. The SMILES string of the molecule is NC(=O)N(S)C(=O)NS. The number of nitrogens with zero attached hydrogens (tertiary/aromatic N) is 1. The number of primary amides is 1. The fourth-order valence-corrected chi connectivity index (χ4v) is 0.376. The first-order valence-corrected chi connectivity index (χ1v) is 2.66. The van der Waals surface area contributed by atoms with Crippen molar-refractivity contribution in [1.82, 2.24) is 9.03 Å². The van der Waals surface area contributed by atoms with E-state index in [2.05, 4.69) is 31.4 Å². The first kappa shape index (κ1) is 8.44. The Morgan fingerprint density at radius 1 is 1.56 bits per heavy atom. The Morgan fingerprint density at radius 3 is 2.11 bits per heavy atom. The molecule has 52 valence electrons. The van der Waals surface area contributed by atoms with Crippen molar-refractivity contribution in [2.45, 2.75) is 0 Å². The Kier molecular flexibility index (Phi) is 3.25. The van der Waals surface area contributed by atoms with Crippen molar-refractivity contribution in [1.29, 1.82) is 0 Å². The molecule has 0 aromatic heterocycles. The highest BCUT2D eigenvalue weighted by molar-refractivity contribution is 7.80. The van der Waals surface area contributed by atoms with Gasteiger partial charge in [0.1, 0.15) is 0 Å². The molecule has 0 radical (unpaired) electrons. The molecule has 0 fully saturated rings. The van der Waals surface area contributed by atoms with Gasteiger partial charge in [-0.3, -0.25) is 4.72 Å². The van der Waals surface area contributed by atoms with Gasteiger partial charge in [-0.1, -0.05) is 25.6 Å². The lowest BCUT2D eigenvalue weighted by Gasteiger charge is -2.07. The molecule has 5 nitrogen and oxygen atoms in total. The molecule has 0 aromatic carbocycles. The van der Waals surface area contributed by atoms with Crippen LogP contribution in [0.15, 0.2) is 0 Å². The average Bonchev–Trinajstić information content (AvgIpc) is 1.84. The molecule has 0 aliphatic heterocycles. The first-order chi connectivity index (χ1) is 4.09. The predicted octanol–water partition coefficient (Wildman–Crippen LogP) is -0.234. The van der Waals surface area contributed by atoms with Crippen LogP contribution < -0.4 is 10.5 Å². The Bertz CT molecular complexity index is 138. The lowest BCUT2D eigenvalue weighted by atomic mass is 10.9. The standard InChI is InChI=1S/C2H5N3O2S2/c3-1(6)5(9)2(7)4-8/h8-9H,(H2,3,6)(H,4,7).